The molecule has 0 saturated heterocycles. The Kier molecular flexibility index (Phi) is 8.70. The number of carbonyl (C=O) groups is 2. The lowest BCUT2D eigenvalue weighted by Gasteiger charge is -2.07. The topological polar surface area (TPSA) is 115 Å². The number of hydrogen-bond acceptors (Lipinski definition) is 5. The maximum atomic E-state index is 11.0. The number of rotatable bonds is 7. The molecule has 0 bridgehead atoms. The molecule has 0 saturated carbocycles. The third-order valence-corrected chi connectivity index (χ3v) is 1.64. The van der Waals surface area contributed by atoms with E-state index in [2.05, 4.69) is 31.7 Å². The van der Waals surface area contributed by atoms with E-state index in [9.17, 15) is 9.59 Å². The number of aliphatic imine (C=N–C) groups is 1. The van der Waals surface area contributed by atoms with Gasteiger partial charge in [0, 0.05) is 13.1 Å². The molecule has 0 unspecified atom stereocenters. The third-order valence-electron chi connectivity index (χ3n) is 1.64. The highest BCUT2D eigenvalue weighted by molar-refractivity contribution is 5.81. The van der Waals surface area contributed by atoms with E-state index in [0.717, 1.165) is 0 Å². The van der Waals surface area contributed by atoms with Crippen LogP contribution in [0.15, 0.2) is 17.6 Å². The van der Waals surface area contributed by atoms with Crippen molar-refractivity contribution in [1.29, 1.82) is 0 Å². The first-order chi connectivity index (χ1) is 8.60. The lowest BCUT2D eigenvalue weighted by Crippen LogP contribution is -2.38. The summed E-state index contributed by atoms with van der Waals surface area (Å²) in [5, 5.41) is 5.18. The molecule has 8 nitrogen and oxygen atoms in total. The molecule has 0 aromatic rings. The van der Waals surface area contributed by atoms with Crippen molar-refractivity contribution in [3.8, 4) is 0 Å². The summed E-state index contributed by atoms with van der Waals surface area (Å²) in [6, 6.07) is 0. The van der Waals surface area contributed by atoms with Gasteiger partial charge in [-0.3, -0.25) is 4.79 Å². The number of methoxy groups -OCH3 is 1. The minimum Gasteiger partial charge on any atom is -0.468 e. The maximum Gasteiger partial charge on any atom is 0.407 e. The highest BCUT2D eigenvalue weighted by atomic mass is 16.5. The van der Waals surface area contributed by atoms with E-state index in [0.29, 0.717) is 13.1 Å². The smallest absolute Gasteiger partial charge is 0.407 e. The molecule has 0 radical (unpaired) electrons. The minimum atomic E-state index is -0.540. The van der Waals surface area contributed by atoms with E-state index >= 15 is 0 Å². The van der Waals surface area contributed by atoms with Crippen molar-refractivity contribution >= 4 is 18.0 Å². The fourth-order valence-electron chi connectivity index (χ4n) is 0.811. The van der Waals surface area contributed by atoms with Crippen LogP contribution in [0.5, 0.6) is 0 Å². The van der Waals surface area contributed by atoms with Crippen LogP contribution in [0.3, 0.4) is 0 Å². The fourth-order valence-corrected chi connectivity index (χ4v) is 0.811. The Hall–Kier alpha value is -2.25. The van der Waals surface area contributed by atoms with Gasteiger partial charge in [-0.15, -0.1) is 0 Å². The van der Waals surface area contributed by atoms with E-state index < -0.39 is 12.1 Å². The Morgan fingerprint density at radius 1 is 1.39 bits per heavy atom. The van der Waals surface area contributed by atoms with Gasteiger partial charge in [0.2, 0.25) is 0 Å². The summed E-state index contributed by atoms with van der Waals surface area (Å²) >= 11 is 0. The van der Waals surface area contributed by atoms with E-state index in [1.54, 1.807) is 0 Å². The molecule has 0 aliphatic rings. The number of carbonyl (C=O) groups excluding carboxylic acids is 2. The number of nitrogens with two attached hydrogens (primary N) is 1. The predicted molar refractivity (Wildman–Crippen MR) is 66.1 cm³/mol. The molecular formula is C10H18N4O4. The van der Waals surface area contributed by atoms with E-state index in [1.165, 1.54) is 13.2 Å². The molecule has 0 aliphatic carbocycles. The van der Waals surface area contributed by atoms with E-state index in [4.69, 9.17) is 5.73 Å². The minimum absolute atomic E-state index is 0.0988. The average Bonchev–Trinajstić information content (AvgIpc) is 2.38. The lowest BCUT2D eigenvalue weighted by molar-refractivity contribution is -0.138. The van der Waals surface area contributed by atoms with Gasteiger partial charge in [-0.05, 0) is 0 Å². The molecule has 0 heterocycles. The standard InChI is InChI=1S/C10H18N4O4/c1-3-6-18-10(16)13-5-4-12-9(11)14-7-8(15)17-2/h3H,1,4-7H2,2H3,(H,13,16)(H3,11,12,14). The van der Waals surface area contributed by atoms with Gasteiger partial charge in [-0.1, -0.05) is 12.7 Å². The summed E-state index contributed by atoms with van der Waals surface area (Å²) in [7, 11) is 1.26. The number of esters is 1. The maximum absolute atomic E-state index is 11.0. The summed E-state index contributed by atoms with van der Waals surface area (Å²) in [5.41, 5.74) is 5.45. The van der Waals surface area contributed by atoms with Gasteiger partial charge in [0.25, 0.3) is 0 Å². The number of hydrogen-bond donors (Lipinski definition) is 3. The molecule has 0 rings (SSSR count). The van der Waals surface area contributed by atoms with Gasteiger partial charge >= 0.3 is 12.1 Å². The van der Waals surface area contributed by atoms with Crippen molar-refractivity contribution in [2.45, 2.75) is 0 Å². The van der Waals surface area contributed by atoms with E-state index in [-0.39, 0.29) is 19.1 Å². The second-order valence-electron chi connectivity index (χ2n) is 3.02. The molecule has 0 aromatic carbocycles. The molecule has 0 aliphatic heterocycles. The number of guanidine groups is 1. The third kappa shape index (κ3) is 9.01. The summed E-state index contributed by atoms with van der Waals surface area (Å²) in [4.78, 5) is 25.4. The van der Waals surface area contributed by atoms with Crippen LogP contribution in [-0.4, -0.2) is 51.4 Å². The number of alkyl carbamates (subject to hydrolysis) is 1. The summed E-state index contributed by atoms with van der Waals surface area (Å²) in [6.45, 7) is 4.08. The summed E-state index contributed by atoms with van der Waals surface area (Å²) in [6.07, 6.45) is 0.928. The first-order valence-corrected chi connectivity index (χ1v) is 5.22. The first-order valence-electron chi connectivity index (χ1n) is 5.22. The van der Waals surface area contributed by atoms with Gasteiger partial charge in [0.15, 0.2) is 5.96 Å². The zero-order valence-electron chi connectivity index (χ0n) is 10.3. The van der Waals surface area contributed by atoms with Gasteiger partial charge in [0.1, 0.15) is 13.2 Å². The summed E-state index contributed by atoms with van der Waals surface area (Å²) < 4.78 is 9.06. The summed E-state index contributed by atoms with van der Waals surface area (Å²) in [5.74, 6) is -0.382. The largest absolute Gasteiger partial charge is 0.468 e. The van der Waals surface area contributed by atoms with Crippen molar-refractivity contribution in [2.75, 3.05) is 33.4 Å². The molecule has 0 spiro atoms. The van der Waals surface area contributed by atoms with Crippen LogP contribution >= 0.6 is 0 Å². The van der Waals surface area contributed by atoms with Crippen molar-refractivity contribution in [3.05, 3.63) is 12.7 Å². The fraction of sp³-hybridized carbons (Fsp3) is 0.500. The zero-order chi connectivity index (χ0) is 13.8. The Morgan fingerprint density at radius 2 is 2.06 bits per heavy atom. The molecule has 18 heavy (non-hydrogen) atoms. The highest BCUT2D eigenvalue weighted by Crippen LogP contribution is 1.77. The second kappa shape index (κ2) is 9.94. The molecule has 0 aromatic heterocycles. The Morgan fingerprint density at radius 3 is 2.67 bits per heavy atom. The normalized spacial score (nSPS) is 10.4. The van der Waals surface area contributed by atoms with Crippen LogP contribution in [0.25, 0.3) is 0 Å². The number of nitrogens with zero attached hydrogens (tertiary/aromatic N) is 1. The molecule has 0 fully saturated rings. The van der Waals surface area contributed by atoms with Gasteiger partial charge in [-0.2, -0.15) is 0 Å². The first kappa shape index (κ1) is 15.8. The van der Waals surface area contributed by atoms with Crippen molar-refractivity contribution in [2.24, 2.45) is 10.7 Å². The number of ether oxygens (including phenoxy) is 2. The van der Waals surface area contributed by atoms with Crippen molar-refractivity contribution in [1.82, 2.24) is 10.6 Å². The van der Waals surface area contributed by atoms with E-state index in [1.807, 2.05) is 0 Å². The molecule has 0 atom stereocenters. The Labute approximate surface area is 105 Å². The van der Waals surface area contributed by atoms with Crippen LogP contribution < -0.4 is 16.4 Å². The van der Waals surface area contributed by atoms with Crippen LogP contribution in [0.1, 0.15) is 0 Å². The SMILES string of the molecule is C=CCOC(=O)NCCNC(N)=NCC(=O)OC. The Balaban J connectivity index is 3.61. The molecule has 102 valence electrons. The van der Waals surface area contributed by atoms with Crippen LogP contribution in [0.2, 0.25) is 0 Å². The quantitative estimate of drug-likeness (QED) is 0.177. The molecule has 8 heteroatoms. The monoisotopic (exact) mass is 258 g/mol. The van der Waals surface area contributed by atoms with Crippen molar-refractivity contribution < 1.29 is 19.1 Å². The van der Waals surface area contributed by atoms with Crippen molar-refractivity contribution in [3.63, 3.8) is 0 Å². The molecule has 4 N–H and O–H groups in total. The number of nitrogens with one attached hydrogen (secondary N) is 2. The predicted octanol–water partition coefficient (Wildman–Crippen LogP) is -1.02. The highest BCUT2D eigenvalue weighted by Gasteiger charge is 2.00. The molecular weight excluding hydrogens is 240 g/mol. The van der Waals surface area contributed by atoms with Gasteiger partial charge in [-0.25, -0.2) is 9.79 Å². The van der Waals surface area contributed by atoms with Crippen LogP contribution in [-0.2, 0) is 14.3 Å². The zero-order valence-corrected chi connectivity index (χ0v) is 10.3. The molecule has 1 amide bonds. The Bertz CT molecular complexity index is 317. The van der Waals surface area contributed by atoms with Crippen LogP contribution in [0, 0.1) is 0 Å². The second-order valence-corrected chi connectivity index (χ2v) is 3.02. The van der Waals surface area contributed by atoms with Gasteiger partial charge in [0.05, 0.1) is 7.11 Å². The number of amides is 1. The average molecular weight is 258 g/mol. The lowest BCUT2D eigenvalue weighted by atomic mass is 10.6. The van der Waals surface area contributed by atoms with Crippen LogP contribution in [0.4, 0.5) is 4.79 Å². The van der Waals surface area contributed by atoms with Gasteiger partial charge < -0.3 is 25.8 Å².